The standard InChI is InChI=1S/C19H28N4O3/c1-14-22(5)11-6-12-23(14)13-17(24)20-15-7-9-16(10-8-15)21-18(25)26-19(2,3)4/h7-10H,6,11-13H2,1-5H3,(H-,20,21,24,25)/p+1. The zero-order valence-electron chi connectivity index (χ0n) is 16.3. The SMILES string of the molecule is CC1=[N+](C)CCCN1CC(=O)[NH2+]c1ccc(N=C([O-])OC(C)(C)C)cc1. The minimum absolute atomic E-state index is 0.0523. The van der Waals surface area contributed by atoms with E-state index in [9.17, 15) is 9.90 Å². The van der Waals surface area contributed by atoms with Crippen LogP contribution in [0, 0.1) is 0 Å². The maximum atomic E-state index is 12.3. The normalized spacial score (nSPS) is 16.0. The molecule has 0 saturated heterocycles. The third-order valence-electron chi connectivity index (χ3n) is 4.11. The van der Waals surface area contributed by atoms with Gasteiger partial charge in [-0.3, -0.25) is 9.48 Å². The Balaban J connectivity index is 1.93. The van der Waals surface area contributed by atoms with Crippen LogP contribution in [0.5, 0.6) is 0 Å². The molecule has 0 saturated carbocycles. The van der Waals surface area contributed by atoms with E-state index < -0.39 is 11.7 Å². The van der Waals surface area contributed by atoms with Crippen LogP contribution in [-0.4, -0.2) is 59.6 Å². The van der Waals surface area contributed by atoms with Gasteiger partial charge in [0.25, 0.3) is 0 Å². The van der Waals surface area contributed by atoms with Gasteiger partial charge in [0.2, 0.25) is 5.84 Å². The minimum Gasteiger partial charge on any atom is -0.594 e. The predicted octanol–water partition coefficient (Wildman–Crippen LogP) is 0.337. The number of primary amides is 1. The molecule has 0 fully saturated rings. The lowest BCUT2D eigenvalue weighted by Crippen LogP contribution is -2.84. The van der Waals surface area contributed by atoms with Crippen molar-refractivity contribution in [2.24, 2.45) is 4.99 Å². The second-order valence-corrected chi connectivity index (χ2v) is 7.54. The van der Waals surface area contributed by atoms with Gasteiger partial charge >= 0.3 is 5.91 Å². The Morgan fingerprint density at radius 2 is 2.00 bits per heavy atom. The smallest absolute Gasteiger partial charge is 0.356 e. The number of nitrogens with zero attached hydrogens (tertiary/aromatic N) is 3. The highest BCUT2D eigenvalue weighted by Gasteiger charge is 2.26. The van der Waals surface area contributed by atoms with Crippen molar-refractivity contribution in [1.82, 2.24) is 4.90 Å². The number of nitrogens with two attached hydrogens (primary N) is 1. The lowest BCUT2D eigenvalue weighted by Gasteiger charge is -2.29. The molecule has 1 aliphatic rings. The predicted molar refractivity (Wildman–Crippen MR) is 98.9 cm³/mol. The van der Waals surface area contributed by atoms with E-state index >= 15 is 0 Å². The number of amides is 1. The zero-order valence-corrected chi connectivity index (χ0v) is 16.3. The summed E-state index contributed by atoms with van der Waals surface area (Å²) in [5.41, 5.74) is 0.727. The summed E-state index contributed by atoms with van der Waals surface area (Å²) < 4.78 is 7.33. The highest BCUT2D eigenvalue weighted by Crippen LogP contribution is 2.15. The summed E-state index contributed by atoms with van der Waals surface area (Å²) in [7, 11) is 2.04. The van der Waals surface area contributed by atoms with Crippen LogP contribution in [0.3, 0.4) is 0 Å². The molecule has 26 heavy (non-hydrogen) atoms. The fourth-order valence-electron chi connectivity index (χ4n) is 2.71. The Bertz CT molecular complexity index is 702. The molecular weight excluding hydrogens is 332 g/mol. The van der Waals surface area contributed by atoms with Crippen molar-refractivity contribution >= 4 is 29.2 Å². The Labute approximate surface area is 155 Å². The molecule has 2 rings (SSSR count). The first-order chi connectivity index (χ1) is 12.1. The first kappa shape index (κ1) is 19.9. The maximum absolute atomic E-state index is 12.3. The maximum Gasteiger partial charge on any atom is 0.356 e. The molecule has 1 aromatic carbocycles. The van der Waals surface area contributed by atoms with Crippen LogP contribution < -0.4 is 10.4 Å². The number of benzene rings is 1. The van der Waals surface area contributed by atoms with Crippen LogP contribution in [0.2, 0.25) is 0 Å². The number of amidine groups is 1. The fraction of sp³-hybridized carbons (Fsp3) is 0.526. The molecule has 1 heterocycles. The van der Waals surface area contributed by atoms with Crippen molar-refractivity contribution in [2.75, 3.05) is 26.7 Å². The third-order valence-corrected chi connectivity index (χ3v) is 4.11. The van der Waals surface area contributed by atoms with Gasteiger partial charge in [-0.15, -0.1) is 0 Å². The van der Waals surface area contributed by atoms with Gasteiger partial charge in [0.05, 0.1) is 25.8 Å². The van der Waals surface area contributed by atoms with E-state index in [0.717, 1.165) is 31.0 Å². The first-order valence-corrected chi connectivity index (χ1v) is 8.86. The molecule has 0 unspecified atom stereocenters. The summed E-state index contributed by atoms with van der Waals surface area (Å²) in [6, 6.07) is 6.96. The Hall–Kier alpha value is -2.41. The minimum atomic E-state index is -0.620. The summed E-state index contributed by atoms with van der Waals surface area (Å²) in [5, 5.41) is 13.3. The van der Waals surface area contributed by atoms with Gasteiger partial charge in [0.15, 0.2) is 12.6 Å². The molecule has 7 heteroatoms. The first-order valence-electron chi connectivity index (χ1n) is 8.86. The molecule has 7 nitrogen and oxygen atoms in total. The molecule has 0 aliphatic carbocycles. The number of aliphatic imine (C=N–C) groups is 1. The number of carbonyl (C=O) groups excluding carboxylic acids is 1. The molecule has 1 aliphatic heterocycles. The second kappa shape index (κ2) is 8.31. The third kappa shape index (κ3) is 6.15. The summed E-state index contributed by atoms with van der Waals surface area (Å²) >= 11 is 0. The second-order valence-electron chi connectivity index (χ2n) is 7.54. The van der Waals surface area contributed by atoms with Crippen molar-refractivity contribution in [3.8, 4) is 0 Å². The molecule has 142 valence electrons. The van der Waals surface area contributed by atoms with Crippen molar-refractivity contribution in [3.63, 3.8) is 0 Å². The van der Waals surface area contributed by atoms with Gasteiger partial charge in [0.1, 0.15) is 5.69 Å². The number of carbonyl (C=O) groups is 1. The quantitative estimate of drug-likeness (QED) is 0.363. The van der Waals surface area contributed by atoms with Crippen LogP contribution in [0.4, 0.5) is 11.4 Å². The summed E-state index contributed by atoms with van der Waals surface area (Å²) in [5.74, 6) is 1.18. The summed E-state index contributed by atoms with van der Waals surface area (Å²) in [6.07, 6.45) is 0.438. The van der Waals surface area contributed by atoms with Crippen molar-refractivity contribution in [1.29, 1.82) is 0 Å². The van der Waals surface area contributed by atoms with Crippen molar-refractivity contribution in [2.45, 2.75) is 39.7 Å². The Morgan fingerprint density at radius 3 is 2.62 bits per heavy atom. The number of hydrogen-bond donors (Lipinski definition) is 1. The molecule has 1 amide bonds. The highest BCUT2D eigenvalue weighted by atomic mass is 16.6. The van der Waals surface area contributed by atoms with Gasteiger partial charge in [-0.2, -0.15) is 0 Å². The van der Waals surface area contributed by atoms with E-state index in [2.05, 4.69) is 14.5 Å². The van der Waals surface area contributed by atoms with Crippen LogP contribution in [-0.2, 0) is 9.53 Å². The molecule has 0 spiro atoms. The molecule has 0 radical (unpaired) electrons. The van der Waals surface area contributed by atoms with E-state index in [1.165, 1.54) is 0 Å². The van der Waals surface area contributed by atoms with E-state index in [1.807, 2.05) is 14.0 Å². The van der Waals surface area contributed by atoms with Gasteiger partial charge in [0, 0.05) is 31.1 Å². The average Bonchev–Trinajstić information content (AvgIpc) is 2.52. The van der Waals surface area contributed by atoms with Crippen LogP contribution >= 0.6 is 0 Å². The van der Waals surface area contributed by atoms with Crippen LogP contribution in [0.15, 0.2) is 29.3 Å². The van der Waals surface area contributed by atoms with E-state index in [1.54, 1.807) is 50.4 Å². The van der Waals surface area contributed by atoms with E-state index in [4.69, 9.17) is 4.74 Å². The molecular formula is C19H29N4O3+. The fourth-order valence-corrected chi connectivity index (χ4v) is 2.71. The van der Waals surface area contributed by atoms with Crippen molar-refractivity contribution in [3.05, 3.63) is 24.3 Å². The van der Waals surface area contributed by atoms with Crippen LogP contribution in [0.1, 0.15) is 34.1 Å². The molecule has 0 atom stereocenters. The molecule has 0 bridgehead atoms. The number of hydrogen-bond acceptors (Lipinski definition) is 5. The topological polar surface area (TPSA) is 84.6 Å². The number of ether oxygens (including phenoxy) is 1. The molecule has 1 aromatic rings. The lowest BCUT2D eigenvalue weighted by molar-refractivity contribution is -0.510. The number of rotatable bonds is 4. The van der Waals surface area contributed by atoms with Gasteiger partial charge in [-0.05, 0) is 12.1 Å². The summed E-state index contributed by atoms with van der Waals surface area (Å²) in [4.78, 5) is 18.3. The average molecular weight is 361 g/mol. The van der Waals surface area contributed by atoms with E-state index in [0.29, 0.717) is 12.2 Å². The van der Waals surface area contributed by atoms with Crippen LogP contribution in [0.25, 0.3) is 0 Å². The molecule has 0 aromatic heterocycles. The van der Waals surface area contributed by atoms with Gasteiger partial charge in [-0.25, -0.2) is 15.1 Å². The van der Waals surface area contributed by atoms with Gasteiger partial charge < -0.3 is 9.84 Å². The largest absolute Gasteiger partial charge is 0.594 e. The van der Waals surface area contributed by atoms with Gasteiger partial charge in [-0.1, -0.05) is 20.8 Å². The van der Waals surface area contributed by atoms with Crippen molar-refractivity contribution < 1.29 is 24.5 Å². The molecule has 2 N–H and O–H groups in total. The summed E-state index contributed by atoms with van der Waals surface area (Å²) in [6.45, 7) is 9.74. The van der Waals surface area contributed by atoms with E-state index in [-0.39, 0.29) is 5.91 Å². The number of quaternary nitrogens is 1. The Kier molecular flexibility index (Phi) is 6.37. The Morgan fingerprint density at radius 1 is 1.35 bits per heavy atom. The highest BCUT2D eigenvalue weighted by molar-refractivity contribution is 5.80. The zero-order chi connectivity index (χ0) is 19.3. The lowest BCUT2D eigenvalue weighted by atomic mass is 10.2. The monoisotopic (exact) mass is 361 g/mol.